The van der Waals surface area contributed by atoms with E-state index in [0.717, 1.165) is 0 Å². The standard InChI is InChI=1S/C15H15F2NO/c1-9-8-11(16)6-7-14(9)19-15-12(10(2)18)4-3-5-13(15)17/h3-8,10H,18H2,1-2H3/t10-/m0/s1. The Bertz CT molecular complexity index is 597. The number of hydrogen-bond acceptors (Lipinski definition) is 2. The van der Waals surface area contributed by atoms with Gasteiger partial charge in [-0.2, -0.15) is 0 Å². The monoisotopic (exact) mass is 263 g/mol. The molecule has 0 spiro atoms. The van der Waals surface area contributed by atoms with Gasteiger partial charge in [0.05, 0.1) is 0 Å². The third-order valence-electron chi connectivity index (χ3n) is 2.84. The summed E-state index contributed by atoms with van der Waals surface area (Å²) in [6.07, 6.45) is 0. The van der Waals surface area contributed by atoms with E-state index in [1.54, 1.807) is 26.0 Å². The van der Waals surface area contributed by atoms with Crippen molar-refractivity contribution in [3.63, 3.8) is 0 Å². The Kier molecular flexibility index (Phi) is 3.81. The fourth-order valence-corrected chi connectivity index (χ4v) is 1.83. The third-order valence-corrected chi connectivity index (χ3v) is 2.84. The van der Waals surface area contributed by atoms with Crippen LogP contribution in [0.2, 0.25) is 0 Å². The molecule has 0 aliphatic heterocycles. The van der Waals surface area contributed by atoms with Crippen molar-refractivity contribution in [2.75, 3.05) is 0 Å². The van der Waals surface area contributed by atoms with Crippen molar-refractivity contribution in [3.05, 3.63) is 59.2 Å². The van der Waals surface area contributed by atoms with E-state index < -0.39 is 5.82 Å². The smallest absolute Gasteiger partial charge is 0.167 e. The molecule has 2 aromatic rings. The molecule has 0 amide bonds. The van der Waals surface area contributed by atoms with E-state index in [-0.39, 0.29) is 17.6 Å². The number of halogens is 2. The van der Waals surface area contributed by atoms with E-state index in [0.29, 0.717) is 16.9 Å². The SMILES string of the molecule is Cc1cc(F)ccc1Oc1c(F)cccc1[C@H](C)N. The first-order chi connectivity index (χ1) is 8.99. The van der Waals surface area contributed by atoms with Gasteiger partial charge in [0.1, 0.15) is 11.6 Å². The van der Waals surface area contributed by atoms with Gasteiger partial charge in [-0.05, 0) is 43.7 Å². The topological polar surface area (TPSA) is 35.2 Å². The van der Waals surface area contributed by atoms with Crippen LogP contribution < -0.4 is 10.5 Å². The van der Waals surface area contributed by atoms with Gasteiger partial charge in [-0.3, -0.25) is 0 Å². The molecular weight excluding hydrogens is 248 g/mol. The van der Waals surface area contributed by atoms with Crippen LogP contribution in [-0.2, 0) is 0 Å². The molecule has 0 saturated carbocycles. The van der Waals surface area contributed by atoms with Crippen LogP contribution >= 0.6 is 0 Å². The number of nitrogens with two attached hydrogens (primary N) is 1. The molecule has 2 rings (SSSR count). The summed E-state index contributed by atoms with van der Waals surface area (Å²) < 4.78 is 32.4. The summed E-state index contributed by atoms with van der Waals surface area (Å²) in [6, 6.07) is 8.32. The summed E-state index contributed by atoms with van der Waals surface area (Å²) in [5.74, 6) is -0.343. The highest BCUT2D eigenvalue weighted by atomic mass is 19.1. The predicted octanol–water partition coefficient (Wildman–Crippen LogP) is 4.09. The molecule has 0 aliphatic rings. The van der Waals surface area contributed by atoms with Gasteiger partial charge in [0.25, 0.3) is 0 Å². The predicted molar refractivity (Wildman–Crippen MR) is 70.2 cm³/mol. The molecule has 19 heavy (non-hydrogen) atoms. The maximum Gasteiger partial charge on any atom is 0.167 e. The molecule has 0 fully saturated rings. The van der Waals surface area contributed by atoms with Crippen molar-refractivity contribution in [2.24, 2.45) is 5.73 Å². The molecule has 0 heterocycles. The molecule has 0 aromatic heterocycles. The summed E-state index contributed by atoms with van der Waals surface area (Å²) >= 11 is 0. The maximum atomic E-state index is 13.9. The molecule has 0 saturated heterocycles. The molecular formula is C15H15F2NO. The molecule has 100 valence electrons. The zero-order valence-electron chi connectivity index (χ0n) is 10.8. The molecule has 2 aromatic carbocycles. The van der Waals surface area contributed by atoms with Gasteiger partial charge in [-0.25, -0.2) is 8.78 Å². The quantitative estimate of drug-likeness (QED) is 0.905. The molecule has 1 atom stereocenters. The lowest BCUT2D eigenvalue weighted by atomic mass is 10.1. The summed E-state index contributed by atoms with van der Waals surface area (Å²) in [7, 11) is 0. The number of ether oxygens (including phenoxy) is 1. The second kappa shape index (κ2) is 5.36. The lowest BCUT2D eigenvalue weighted by Gasteiger charge is -2.15. The van der Waals surface area contributed by atoms with E-state index in [9.17, 15) is 8.78 Å². The largest absolute Gasteiger partial charge is 0.454 e. The molecule has 0 aliphatic carbocycles. The average molecular weight is 263 g/mol. The van der Waals surface area contributed by atoms with Gasteiger partial charge >= 0.3 is 0 Å². The Morgan fingerprint density at radius 2 is 1.89 bits per heavy atom. The minimum Gasteiger partial charge on any atom is -0.454 e. The van der Waals surface area contributed by atoms with E-state index in [2.05, 4.69) is 0 Å². The van der Waals surface area contributed by atoms with Crippen LogP contribution in [-0.4, -0.2) is 0 Å². The number of para-hydroxylation sites is 1. The lowest BCUT2D eigenvalue weighted by molar-refractivity contribution is 0.429. The van der Waals surface area contributed by atoms with Crippen molar-refractivity contribution in [1.82, 2.24) is 0 Å². The third kappa shape index (κ3) is 2.90. The van der Waals surface area contributed by atoms with E-state index >= 15 is 0 Å². The maximum absolute atomic E-state index is 13.9. The Morgan fingerprint density at radius 3 is 2.53 bits per heavy atom. The molecule has 0 radical (unpaired) electrons. The van der Waals surface area contributed by atoms with Crippen molar-refractivity contribution >= 4 is 0 Å². The van der Waals surface area contributed by atoms with Crippen LogP contribution in [0.5, 0.6) is 11.5 Å². The zero-order valence-corrected chi connectivity index (χ0v) is 10.8. The van der Waals surface area contributed by atoms with Gasteiger partial charge in [0.15, 0.2) is 11.6 Å². The average Bonchev–Trinajstić information content (AvgIpc) is 2.34. The minimum absolute atomic E-state index is 0.0900. The van der Waals surface area contributed by atoms with E-state index in [1.165, 1.54) is 24.3 Å². The number of benzene rings is 2. The van der Waals surface area contributed by atoms with E-state index in [4.69, 9.17) is 10.5 Å². The summed E-state index contributed by atoms with van der Waals surface area (Å²) in [4.78, 5) is 0. The number of rotatable bonds is 3. The molecule has 0 unspecified atom stereocenters. The van der Waals surface area contributed by atoms with Crippen LogP contribution in [0.3, 0.4) is 0 Å². The van der Waals surface area contributed by atoms with Crippen molar-refractivity contribution in [1.29, 1.82) is 0 Å². The Morgan fingerprint density at radius 1 is 1.16 bits per heavy atom. The Labute approximate surface area is 110 Å². The fraction of sp³-hybridized carbons (Fsp3) is 0.200. The normalized spacial score (nSPS) is 12.3. The highest BCUT2D eigenvalue weighted by Gasteiger charge is 2.15. The summed E-state index contributed by atoms with van der Waals surface area (Å²) in [5, 5.41) is 0. The zero-order chi connectivity index (χ0) is 14.0. The molecule has 2 nitrogen and oxygen atoms in total. The fourth-order valence-electron chi connectivity index (χ4n) is 1.83. The highest BCUT2D eigenvalue weighted by molar-refractivity contribution is 5.43. The van der Waals surface area contributed by atoms with Crippen molar-refractivity contribution in [3.8, 4) is 11.5 Å². The lowest BCUT2D eigenvalue weighted by Crippen LogP contribution is -2.08. The number of hydrogen-bond donors (Lipinski definition) is 1. The molecule has 4 heteroatoms. The Balaban J connectivity index is 2.43. The first kappa shape index (κ1) is 13.5. The van der Waals surface area contributed by atoms with Gasteiger partial charge in [-0.1, -0.05) is 12.1 Å². The van der Waals surface area contributed by atoms with Gasteiger partial charge in [0, 0.05) is 11.6 Å². The van der Waals surface area contributed by atoms with Crippen LogP contribution in [0.1, 0.15) is 24.1 Å². The Hall–Kier alpha value is -1.94. The van der Waals surface area contributed by atoms with Gasteiger partial charge in [0.2, 0.25) is 0 Å². The second-order valence-corrected chi connectivity index (χ2v) is 4.46. The van der Waals surface area contributed by atoms with Crippen molar-refractivity contribution in [2.45, 2.75) is 19.9 Å². The van der Waals surface area contributed by atoms with Crippen LogP contribution in [0.25, 0.3) is 0 Å². The highest BCUT2D eigenvalue weighted by Crippen LogP contribution is 2.33. The van der Waals surface area contributed by atoms with Crippen LogP contribution in [0, 0.1) is 18.6 Å². The summed E-state index contributed by atoms with van der Waals surface area (Å²) in [6.45, 7) is 3.45. The number of aryl methyl sites for hydroxylation is 1. The van der Waals surface area contributed by atoms with Crippen LogP contribution in [0.15, 0.2) is 36.4 Å². The van der Waals surface area contributed by atoms with E-state index in [1.807, 2.05) is 0 Å². The second-order valence-electron chi connectivity index (χ2n) is 4.46. The first-order valence-corrected chi connectivity index (χ1v) is 5.97. The molecule has 0 bridgehead atoms. The summed E-state index contributed by atoms with van der Waals surface area (Å²) in [5.41, 5.74) is 6.96. The van der Waals surface area contributed by atoms with Gasteiger partial charge < -0.3 is 10.5 Å². The first-order valence-electron chi connectivity index (χ1n) is 5.97. The minimum atomic E-state index is -0.487. The van der Waals surface area contributed by atoms with Gasteiger partial charge in [-0.15, -0.1) is 0 Å². The van der Waals surface area contributed by atoms with Crippen molar-refractivity contribution < 1.29 is 13.5 Å². The molecule has 2 N–H and O–H groups in total. The van der Waals surface area contributed by atoms with Crippen LogP contribution in [0.4, 0.5) is 8.78 Å².